The highest BCUT2D eigenvalue weighted by Crippen LogP contribution is 2.18. The molecule has 1 rings (SSSR count). The molecule has 1 aliphatic heterocycles. The smallest absolute Gasteiger partial charge is 0.409 e. The summed E-state index contributed by atoms with van der Waals surface area (Å²) < 4.78 is 5.19. The molecule has 0 aromatic heterocycles. The molecule has 1 radical (unpaired) electrons. The molecule has 1 heterocycles. The molecule has 3 heteroatoms. The van der Waals surface area contributed by atoms with Gasteiger partial charge in [0.05, 0.1) is 6.61 Å². The molecule has 0 N–H and O–H groups in total. The van der Waals surface area contributed by atoms with Crippen LogP contribution in [-0.2, 0) is 4.74 Å². The van der Waals surface area contributed by atoms with Crippen molar-refractivity contribution >= 4 is 6.09 Å². The Hall–Kier alpha value is -0.730. The topological polar surface area (TPSA) is 29.5 Å². The van der Waals surface area contributed by atoms with Crippen LogP contribution in [0.25, 0.3) is 0 Å². The first-order valence-corrected chi connectivity index (χ1v) is 5.99. The second kappa shape index (κ2) is 6.70. The molecule has 1 atom stereocenters. The van der Waals surface area contributed by atoms with Crippen LogP contribution in [0.1, 0.15) is 39.5 Å². The number of rotatable bonds is 5. The van der Waals surface area contributed by atoms with Gasteiger partial charge in [-0.2, -0.15) is 0 Å². The zero-order valence-corrected chi connectivity index (χ0v) is 9.87. The zero-order chi connectivity index (χ0) is 11.1. The van der Waals surface area contributed by atoms with Crippen LogP contribution < -0.4 is 0 Å². The molecular weight excluding hydrogens is 190 g/mol. The first-order valence-electron chi connectivity index (χ1n) is 5.99. The van der Waals surface area contributed by atoms with Crippen molar-refractivity contribution in [2.45, 2.75) is 39.5 Å². The van der Waals surface area contributed by atoms with Crippen molar-refractivity contribution in [1.82, 2.24) is 4.90 Å². The molecule has 1 saturated heterocycles. The molecule has 3 nitrogen and oxygen atoms in total. The van der Waals surface area contributed by atoms with E-state index in [1.165, 1.54) is 0 Å². The van der Waals surface area contributed by atoms with Crippen LogP contribution in [0, 0.1) is 12.3 Å². The fourth-order valence-corrected chi connectivity index (χ4v) is 1.83. The Balaban J connectivity index is 2.12. The molecule has 1 amide bonds. The summed E-state index contributed by atoms with van der Waals surface area (Å²) in [4.78, 5) is 13.4. The molecule has 0 bridgehead atoms. The van der Waals surface area contributed by atoms with E-state index >= 15 is 0 Å². The van der Waals surface area contributed by atoms with Crippen molar-refractivity contribution < 1.29 is 9.53 Å². The van der Waals surface area contributed by atoms with Gasteiger partial charge < -0.3 is 9.64 Å². The number of carbonyl (C=O) groups excluding carboxylic acids is 1. The van der Waals surface area contributed by atoms with Crippen LogP contribution in [0.3, 0.4) is 0 Å². The average Bonchev–Trinajstić information content (AvgIpc) is 2.72. The summed E-state index contributed by atoms with van der Waals surface area (Å²) in [5.74, 6) is 0.563. The molecular formula is C12H22NO2. The van der Waals surface area contributed by atoms with E-state index < -0.39 is 0 Å². The largest absolute Gasteiger partial charge is 0.449 e. The highest BCUT2D eigenvalue weighted by Gasteiger charge is 2.25. The Morgan fingerprint density at radius 2 is 2.33 bits per heavy atom. The maximum atomic E-state index is 11.6. The molecule has 0 aromatic rings. The highest BCUT2D eigenvalue weighted by atomic mass is 16.6. The SMILES string of the molecule is C[CH]C1CCN(C(=O)OCCCCC)C1. The lowest BCUT2D eigenvalue weighted by atomic mass is 10.1. The molecule has 0 saturated carbocycles. The first-order chi connectivity index (χ1) is 7.27. The summed E-state index contributed by atoms with van der Waals surface area (Å²) in [5.41, 5.74) is 0. The Kier molecular flexibility index (Phi) is 5.51. The lowest BCUT2D eigenvalue weighted by Gasteiger charge is -2.15. The van der Waals surface area contributed by atoms with Gasteiger partial charge in [-0.3, -0.25) is 0 Å². The number of nitrogens with zero attached hydrogens (tertiary/aromatic N) is 1. The van der Waals surface area contributed by atoms with Crippen molar-refractivity contribution in [2.24, 2.45) is 5.92 Å². The highest BCUT2D eigenvalue weighted by molar-refractivity contribution is 5.67. The third-order valence-electron chi connectivity index (χ3n) is 2.93. The normalized spacial score (nSPS) is 20.7. The molecule has 1 unspecified atom stereocenters. The van der Waals surface area contributed by atoms with E-state index in [1.807, 2.05) is 4.90 Å². The third kappa shape index (κ3) is 4.10. The van der Waals surface area contributed by atoms with Crippen molar-refractivity contribution in [3.05, 3.63) is 6.42 Å². The van der Waals surface area contributed by atoms with Gasteiger partial charge in [0.2, 0.25) is 0 Å². The lowest BCUT2D eigenvalue weighted by molar-refractivity contribution is 0.108. The Bertz CT molecular complexity index is 194. The van der Waals surface area contributed by atoms with E-state index in [1.54, 1.807) is 0 Å². The third-order valence-corrected chi connectivity index (χ3v) is 2.93. The summed E-state index contributed by atoms with van der Waals surface area (Å²) in [6.45, 7) is 6.46. The average molecular weight is 212 g/mol. The predicted octanol–water partition coefficient (Wildman–Crippen LogP) is 2.86. The summed E-state index contributed by atoms with van der Waals surface area (Å²) in [5, 5.41) is 0. The van der Waals surface area contributed by atoms with Crippen LogP contribution in [0.2, 0.25) is 0 Å². The first kappa shape index (κ1) is 12.3. The second-order valence-electron chi connectivity index (χ2n) is 4.15. The van der Waals surface area contributed by atoms with Crippen molar-refractivity contribution in [3.8, 4) is 0 Å². The van der Waals surface area contributed by atoms with E-state index in [-0.39, 0.29) is 6.09 Å². The number of hydrogen-bond donors (Lipinski definition) is 0. The van der Waals surface area contributed by atoms with Gasteiger partial charge in [0.1, 0.15) is 0 Å². The Morgan fingerprint density at radius 3 is 2.93 bits per heavy atom. The minimum atomic E-state index is -0.129. The van der Waals surface area contributed by atoms with Crippen LogP contribution in [0.5, 0.6) is 0 Å². The van der Waals surface area contributed by atoms with Gasteiger partial charge in [0.25, 0.3) is 0 Å². The predicted molar refractivity (Wildman–Crippen MR) is 60.5 cm³/mol. The quantitative estimate of drug-likeness (QED) is 0.656. The number of amides is 1. The van der Waals surface area contributed by atoms with Crippen LogP contribution >= 0.6 is 0 Å². The van der Waals surface area contributed by atoms with Crippen molar-refractivity contribution in [3.63, 3.8) is 0 Å². The molecule has 1 aliphatic rings. The van der Waals surface area contributed by atoms with Gasteiger partial charge in [0.15, 0.2) is 0 Å². The number of unbranched alkanes of at least 4 members (excludes halogenated alkanes) is 2. The fraction of sp³-hybridized carbons (Fsp3) is 0.833. The minimum Gasteiger partial charge on any atom is -0.449 e. The Labute approximate surface area is 92.8 Å². The number of ether oxygens (including phenoxy) is 1. The standard InChI is InChI=1S/C12H22NO2/c1-3-5-6-9-15-12(14)13-8-7-11(4-2)10-13/h4,11H,3,5-10H2,1-2H3. The van der Waals surface area contributed by atoms with Gasteiger partial charge in [-0.05, 0) is 25.2 Å². The molecule has 0 spiro atoms. The number of likely N-dealkylation sites (tertiary alicyclic amines) is 1. The fourth-order valence-electron chi connectivity index (χ4n) is 1.83. The molecule has 1 fully saturated rings. The van der Waals surface area contributed by atoms with Gasteiger partial charge in [-0.25, -0.2) is 4.79 Å². The summed E-state index contributed by atoms with van der Waals surface area (Å²) in [6, 6.07) is 0. The molecule has 0 aliphatic carbocycles. The molecule has 0 aromatic carbocycles. The maximum Gasteiger partial charge on any atom is 0.409 e. The number of carbonyl (C=O) groups is 1. The van der Waals surface area contributed by atoms with E-state index in [4.69, 9.17) is 4.74 Å². The van der Waals surface area contributed by atoms with E-state index in [0.29, 0.717) is 12.5 Å². The van der Waals surface area contributed by atoms with Crippen LogP contribution in [-0.4, -0.2) is 30.7 Å². The molecule has 87 valence electrons. The van der Waals surface area contributed by atoms with Gasteiger partial charge in [-0.15, -0.1) is 0 Å². The summed E-state index contributed by atoms with van der Waals surface area (Å²) in [6.07, 6.45) is 6.41. The van der Waals surface area contributed by atoms with E-state index in [2.05, 4.69) is 20.3 Å². The van der Waals surface area contributed by atoms with Crippen LogP contribution in [0.15, 0.2) is 0 Å². The van der Waals surface area contributed by atoms with Gasteiger partial charge in [-0.1, -0.05) is 26.7 Å². The summed E-state index contributed by atoms with van der Waals surface area (Å²) >= 11 is 0. The summed E-state index contributed by atoms with van der Waals surface area (Å²) in [7, 11) is 0. The monoisotopic (exact) mass is 212 g/mol. The van der Waals surface area contributed by atoms with Gasteiger partial charge >= 0.3 is 6.09 Å². The second-order valence-corrected chi connectivity index (χ2v) is 4.15. The zero-order valence-electron chi connectivity index (χ0n) is 9.87. The lowest BCUT2D eigenvalue weighted by Crippen LogP contribution is -2.29. The van der Waals surface area contributed by atoms with Crippen molar-refractivity contribution in [1.29, 1.82) is 0 Å². The van der Waals surface area contributed by atoms with E-state index in [0.717, 1.165) is 38.8 Å². The maximum absolute atomic E-state index is 11.6. The number of hydrogen-bond acceptors (Lipinski definition) is 2. The Morgan fingerprint density at radius 1 is 1.53 bits per heavy atom. The van der Waals surface area contributed by atoms with Crippen molar-refractivity contribution in [2.75, 3.05) is 19.7 Å². The molecule has 15 heavy (non-hydrogen) atoms. The van der Waals surface area contributed by atoms with Gasteiger partial charge in [0, 0.05) is 13.1 Å². The van der Waals surface area contributed by atoms with Crippen LogP contribution in [0.4, 0.5) is 4.79 Å². The minimum absolute atomic E-state index is 0.129. The van der Waals surface area contributed by atoms with E-state index in [9.17, 15) is 4.79 Å².